The van der Waals surface area contributed by atoms with Gasteiger partial charge in [-0.25, -0.2) is 4.79 Å². The summed E-state index contributed by atoms with van der Waals surface area (Å²) in [6.07, 6.45) is -9.29. The number of morpholine rings is 1. The van der Waals surface area contributed by atoms with E-state index >= 15 is 0 Å². The van der Waals surface area contributed by atoms with E-state index in [9.17, 15) is 26.4 Å². The first kappa shape index (κ1) is 16.0. The maximum atomic E-state index is 12.5. The van der Waals surface area contributed by atoms with Gasteiger partial charge in [0.15, 0.2) is 0 Å². The van der Waals surface area contributed by atoms with Crippen LogP contribution in [0, 0.1) is 0 Å². The summed E-state index contributed by atoms with van der Waals surface area (Å²) in [5.74, 6) is -1.73. The number of hydrogen-bond acceptors (Lipinski definition) is 5. The van der Waals surface area contributed by atoms with E-state index in [2.05, 4.69) is 4.74 Å². The van der Waals surface area contributed by atoms with Crippen molar-refractivity contribution in [3.05, 3.63) is 0 Å². The van der Waals surface area contributed by atoms with Crippen LogP contribution in [0.4, 0.5) is 18.0 Å². The van der Waals surface area contributed by atoms with Crippen LogP contribution in [-0.2, 0) is 19.6 Å². The van der Waals surface area contributed by atoms with E-state index in [1.165, 1.54) is 0 Å². The van der Waals surface area contributed by atoms with Gasteiger partial charge in [-0.2, -0.15) is 21.6 Å². The fourth-order valence-electron chi connectivity index (χ4n) is 1.33. The SMILES string of the molecule is O=C(OC(CS(=O)(=O)O)C(F)(F)F)N1CCOCC1. The van der Waals surface area contributed by atoms with Crippen molar-refractivity contribution in [3.8, 4) is 0 Å². The molecule has 0 saturated carbocycles. The van der Waals surface area contributed by atoms with Crippen molar-refractivity contribution in [2.75, 3.05) is 32.1 Å². The maximum absolute atomic E-state index is 12.5. The van der Waals surface area contributed by atoms with E-state index in [1.807, 2.05) is 0 Å². The number of hydrogen-bond donors (Lipinski definition) is 1. The summed E-state index contributed by atoms with van der Waals surface area (Å²) >= 11 is 0. The molecule has 0 aromatic heterocycles. The second kappa shape index (κ2) is 5.92. The highest BCUT2D eigenvalue weighted by Crippen LogP contribution is 2.24. The van der Waals surface area contributed by atoms with Crippen molar-refractivity contribution in [2.24, 2.45) is 0 Å². The number of carbonyl (C=O) groups excluding carboxylic acids is 1. The third-order valence-electron chi connectivity index (χ3n) is 2.24. The van der Waals surface area contributed by atoms with Gasteiger partial charge < -0.3 is 14.4 Å². The van der Waals surface area contributed by atoms with E-state index in [4.69, 9.17) is 9.29 Å². The Morgan fingerprint density at radius 2 is 1.89 bits per heavy atom. The van der Waals surface area contributed by atoms with Gasteiger partial charge in [-0.15, -0.1) is 0 Å². The highest BCUT2D eigenvalue weighted by atomic mass is 32.2. The monoisotopic (exact) mass is 307 g/mol. The Labute approximate surface area is 107 Å². The van der Waals surface area contributed by atoms with Crippen LogP contribution < -0.4 is 0 Å². The molecule has 1 aliphatic heterocycles. The standard InChI is InChI=1S/C8H12F3NO6S/c9-8(10,11)6(5-19(14,15)16)18-7(13)12-1-3-17-4-2-12/h6H,1-5H2,(H,14,15,16). The Morgan fingerprint density at radius 3 is 2.32 bits per heavy atom. The summed E-state index contributed by atoms with van der Waals surface area (Å²) in [5.41, 5.74) is 0. The highest BCUT2D eigenvalue weighted by Gasteiger charge is 2.46. The van der Waals surface area contributed by atoms with Crippen LogP contribution >= 0.6 is 0 Å². The number of amides is 1. The zero-order valence-electron chi connectivity index (χ0n) is 9.59. The van der Waals surface area contributed by atoms with Crippen molar-refractivity contribution in [1.82, 2.24) is 4.90 Å². The van der Waals surface area contributed by atoms with E-state index < -0.39 is 34.2 Å². The molecule has 0 aromatic carbocycles. The summed E-state index contributed by atoms with van der Waals surface area (Å²) in [5, 5.41) is 0. The van der Waals surface area contributed by atoms with Crippen LogP contribution in [0.25, 0.3) is 0 Å². The molecule has 1 amide bonds. The van der Waals surface area contributed by atoms with E-state index in [0.717, 1.165) is 4.90 Å². The molecule has 1 unspecified atom stereocenters. The minimum Gasteiger partial charge on any atom is -0.435 e. The first-order valence-corrected chi connectivity index (χ1v) is 6.75. The Bertz CT molecular complexity index is 417. The van der Waals surface area contributed by atoms with E-state index in [0.29, 0.717) is 0 Å². The maximum Gasteiger partial charge on any atom is 0.426 e. The summed E-state index contributed by atoms with van der Waals surface area (Å²) in [6.45, 7) is 0.415. The number of ether oxygens (including phenoxy) is 2. The van der Waals surface area contributed by atoms with Crippen molar-refractivity contribution >= 4 is 16.2 Å². The lowest BCUT2D eigenvalue weighted by Crippen LogP contribution is -2.46. The van der Waals surface area contributed by atoms with Gasteiger partial charge in [-0.3, -0.25) is 4.55 Å². The molecule has 7 nitrogen and oxygen atoms in total. The van der Waals surface area contributed by atoms with Gasteiger partial charge in [-0.1, -0.05) is 0 Å². The number of carbonyl (C=O) groups is 1. The molecule has 1 fully saturated rings. The molecule has 1 N–H and O–H groups in total. The quantitative estimate of drug-likeness (QED) is 0.753. The first-order valence-electron chi connectivity index (χ1n) is 5.15. The smallest absolute Gasteiger partial charge is 0.426 e. The molecular weight excluding hydrogens is 295 g/mol. The Balaban J connectivity index is 2.69. The molecule has 1 aliphatic rings. The Hall–Kier alpha value is -1.07. The van der Waals surface area contributed by atoms with Crippen LogP contribution in [0.1, 0.15) is 0 Å². The minimum absolute atomic E-state index is 0.0509. The lowest BCUT2D eigenvalue weighted by atomic mass is 10.4. The lowest BCUT2D eigenvalue weighted by Gasteiger charge is -2.28. The topological polar surface area (TPSA) is 93.1 Å². The molecule has 19 heavy (non-hydrogen) atoms. The van der Waals surface area contributed by atoms with Crippen LogP contribution in [0.15, 0.2) is 0 Å². The Kier molecular flexibility index (Phi) is 4.98. The zero-order valence-corrected chi connectivity index (χ0v) is 10.4. The summed E-state index contributed by atoms with van der Waals surface area (Å²) < 4.78 is 75.8. The number of alkyl halides is 3. The molecule has 11 heteroatoms. The van der Waals surface area contributed by atoms with Gasteiger partial charge in [0, 0.05) is 13.1 Å². The van der Waals surface area contributed by atoms with Crippen LogP contribution in [0.3, 0.4) is 0 Å². The van der Waals surface area contributed by atoms with E-state index in [-0.39, 0.29) is 26.3 Å². The van der Waals surface area contributed by atoms with Crippen LogP contribution in [0.2, 0.25) is 0 Å². The molecule has 0 radical (unpaired) electrons. The second-order valence-electron chi connectivity index (χ2n) is 3.76. The van der Waals surface area contributed by atoms with Gasteiger partial charge >= 0.3 is 12.3 Å². The molecule has 1 heterocycles. The van der Waals surface area contributed by atoms with Crippen LogP contribution in [0.5, 0.6) is 0 Å². The number of nitrogens with zero attached hydrogens (tertiary/aromatic N) is 1. The largest absolute Gasteiger partial charge is 0.435 e. The third-order valence-corrected chi connectivity index (χ3v) is 2.96. The van der Waals surface area contributed by atoms with Crippen molar-refractivity contribution < 1.29 is 40.4 Å². The van der Waals surface area contributed by atoms with Crippen molar-refractivity contribution in [3.63, 3.8) is 0 Å². The predicted octanol–water partition coefficient (Wildman–Crippen LogP) is 0.274. The van der Waals surface area contributed by atoms with Crippen molar-refractivity contribution in [2.45, 2.75) is 12.3 Å². The van der Waals surface area contributed by atoms with E-state index in [1.54, 1.807) is 0 Å². The number of rotatable bonds is 3. The fourth-order valence-corrected chi connectivity index (χ4v) is 1.97. The highest BCUT2D eigenvalue weighted by molar-refractivity contribution is 7.85. The molecule has 0 spiro atoms. The molecule has 0 aromatic rings. The zero-order chi connectivity index (χ0) is 14.7. The molecule has 1 atom stereocenters. The lowest BCUT2D eigenvalue weighted by molar-refractivity contribution is -0.199. The first-order chi connectivity index (χ1) is 8.59. The molecule has 1 rings (SSSR count). The Morgan fingerprint density at radius 1 is 1.37 bits per heavy atom. The van der Waals surface area contributed by atoms with Crippen molar-refractivity contribution in [1.29, 1.82) is 0 Å². The molecule has 112 valence electrons. The van der Waals surface area contributed by atoms with Crippen LogP contribution in [-0.4, -0.2) is 68.3 Å². The minimum atomic E-state index is -5.09. The molecule has 1 saturated heterocycles. The normalized spacial score (nSPS) is 19.1. The summed E-state index contributed by atoms with van der Waals surface area (Å²) in [7, 11) is -4.92. The average molecular weight is 307 g/mol. The summed E-state index contributed by atoms with van der Waals surface area (Å²) in [6, 6.07) is 0. The molecule has 0 bridgehead atoms. The molecular formula is C8H12F3NO6S. The molecule has 0 aliphatic carbocycles. The summed E-state index contributed by atoms with van der Waals surface area (Å²) in [4.78, 5) is 12.4. The fraction of sp³-hybridized carbons (Fsp3) is 0.875. The average Bonchev–Trinajstić information content (AvgIpc) is 2.26. The van der Waals surface area contributed by atoms with Gasteiger partial charge in [0.25, 0.3) is 10.1 Å². The predicted molar refractivity (Wildman–Crippen MR) is 55.1 cm³/mol. The van der Waals surface area contributed by atoms with Gasteiger partial charge in [0.05, 0.1) is 13.2 Å². The van der Waals surface area contributed by atoms with Gasteiger partial charge in [-0.05, 0) is 0 Å². The van der Waals surface area contributed by atoms with Gasteiger partial charge in [0.1, 0.15) is 5.75 Å². The second-order valence-corrected chi connectivity index (χ2v) is 5.26. The van der Waals surface area contributed by atoms with Gasteiger partial charge in [0.2, 0.25) is 6.10 Å². The third kappa shape index (κ3) is 5.61. The number of halogens is 3.